The Morgan fingerprint density at radius 1 is 0.288 bits per heavy atom. The molecule has 4 aromatic heterocycles. The van der Waals surface area contributed by atoms with Gasteiger partial charge in [0.1, 0.15) is 5.45 Å². The lowest BCUT2D eigenvalue weighted by Gasteiger charge is -2.33. The molecule has 66 heavy (non-hydrogen) atoms. The molecule has 13 aromatic rings. The van der Waals surface area contributed by atoms with Gasteiger partial charge >= 0.3 is 0 Å². The van der Waals surface area contributed by atoms with Gasteiger partial charge in [0.15, 0.2) is 5.82 Å². The highest BCUT2D eigenvalue weighted by Gasteiger charge is 2.46. The lowest BCUT2D eigenvalue weighted by molar-refractivity contribution is 0.893. The summed E-state index contributed by atoms with van der Waals surface area (Å²) in [6.07, 6.45) is 0. The normalized spacial score (nSPS) is 11.9. The van der Waals surface area contributed by atoms with Crippen LogP contribution >= 0.6 is 0 Å². The lowest BCUT2D eigenvalue weighted by Crippen LogP contribution is -2.76. The van der Waals surface area contributed by atoms with Crippen LogP contribution in [0, 0.1) is 0 Å². The van der Waals surface area contributed by atoms with Crippen LogP contribution in [0.4, 0.5) is 0 Å². The minimum atomic E-state index is -3.17. The Bertz CT molecular complexity index is 3600. The minimum absolute atomic E-state index is 0.524. The van der Waals surface area contributed by atoms with Crippen molar-refractivity contribution >= 4 is 83.7 Å². The molecular weight excluding hydrogens is 823 g/mol. The fourth-order valence-corrected chi connectivity index (χ4v) is 15.0. The van der Waals surface area contributed by atoms with Crippen LogP contribution in [-0.2, 0) is 0 Å². The molecule has 4 heterocycles. The smallest absolute Gasteiger partial charge is 0.240 e. The summed E-state index contributed by atoms with van der Waals surface area (Å²) in [5.41, 5.74) is 8.66. The molecule has 0 bridgehead atoms. The summed E-state index contributed by atoms with van der Waals surface area (Å²) in [6, 6.07) is 83.9. The van der Waals surface area contributed by atoms with Gasteiger partial charge in [-0.3, -0.25) is 13.7 Å². The second-order valence-corrected chi connectivity index (χ2v) is 20.3. The number of rotatable bonds is 8. The van der Waals surface area contributed by atoms with Crippen LogP contribution in [0.2, 0.25) is 0 Å². The largest absolute Gasteiger partial charge is 0.299 e. The number of fused-ring (bicyclic) bond motifs is 7. The molecular formula is C58H39N7Si. The molecule has 0 aliphatic rings. The molecule has 0 saturated heterocycles. The first kappa shape index (κ1) is 37.8. The summed E-state index contributed by atoms with van der Waals surface area (Å²) < 4.78 is 6.75. The molecule has 0 aliphatic heterocycles. The van der Waals surface area contributed by atoms with Gasteiger partial charge in [-0.1, -0.05) is 188 Å². The van der Waals surface area contributed by atoms with E-state index in [0.717, 1.165) is 71.3 Å². The third-order valence-electron chi connectivity index (χ3n) is 13.1. The van der Waals surface area contributed by atoms with Gasteiger partial charge in [-0.25, -0.2) is 4.98 Å². The molecule has 0 saturated carbocycles. The number of nitrogens with zero attached hydrogens (tertiary/aromatic N) is 7. The second-order valence-electron chi connectivity index (χ2n) is 16.6. The monoisotopic (exact) mass is 861 g/mol. The van der Waals surface area contributed by atoms with Crippen molar-refractivity contribution in [2.24, 2.45) is 0 Å². The fraction of sp³-hybridized carbons (Fsp3) is 0. The number of benzene rings is 9. The first-order chi connectivity index (χ1) is 32.8. The van der Waals surface area contributed by atoms with Gasteiger partial charge < -0.3 is 0 Å². The van der Waals surface area contributed by atoms with Gasteiger partial charge in [0.25, 0.3) is 0 Å². The van der Waals surface area contributed by atoms with Crippen molar-refractivity contribution in [1.29, 1.82) is 0 Å². The molecule has 0 fully saturated rings. The summed E-state index contributed by atoms with van der Waals surface area (Å²) in [4.78, 5) is 22.4. The molecule has 13 rings (SSSR count). The van der Waals surface area contributed by atoms with E-state index in [0.29, 0.717) is 17.7 Å². The number of hydrogen-bond acceptors (Lipinski definition) is 4. The first-order valence-electron chi connectivity index (χ1n) is 22.2. The van der Waals surface area contributed by atoms with Crippen LogP contribution < -0.4 is 21.0 Å². The minimum Gasteiger partial charge on any atom is -0.299 e. The van der Waals surface area contributed by atoms with Crippen LogP contribution in [-0.4, -0.2) is 41.7 Å². The van der Waals surface area contributed by atoms with Crippen LogP contribution in [0.5, 0.6) is 0 Å². The third kappa shape index (κ3) is 5.68. The molecule has 7 nitrogen and oxygen atoms in total. The van der Waals surface area contributed by atoms with Crippen LogP contribution in [0.25, 0.3) is 83.6 Å². The number of aromatic nitrogens is 7. The van der Waals surface area contributed by atoms with E-state index in [1.165, 1.54) is 15.6 Å². The lowest BCUT2D eigenvalue weighted by atomic mass is 10.1. The SMILES string of the molecule is c1ccc(-n2c([Si](c3ccccc3)(c3ccccc3)c3ccccc3)nc3c(-c4nc(-n5c6ccccc6c6ccccc65)nc(-n5c6ccccc6c6ccccc65)n4)cccc32)cc1. The molecule has 310 valence electrons. The van der Waals surface area contributed by atoms with E-state index in [-0.39, 0.29) is 0 Å². The van der Waals surface area contributed by atoms with Crippen molar-refractivity contribution in [3.8, 4) is 29.0 Å². The summed E-state index contributed by atoms with van der Waals surface area (Å²) >= 11 is 0. The summed E-state index contributed by atoms with van der Waals surface area (Å²) in [5.74, 6) is 1.58. The van der Waals surface area contributed by atoms with E-state index < -0.39 is 8.07 Å². The van der Waals surface area contributed by atoms with Gasteiger partial charge in [-0.2, -0.15) is 15.0 Å². The molecule has 8 heteroatoms. The predicted octanol–water partition coefficient (Wildman–Crippen LogP) is 10.4. The van der Waals surface area contributed by atoms with E-state index in [1.54, 1.807) is 0 Å². The van der Waals surface area contributed by atoms with Crippen molar-refractivity contribution in [3.63, 3.8) is 0 Å². The molecule has 0 radical (unpaired) electrons. The standard InChI is InChI=1S/C58H39N7Si/c1-5-22-40(23-6-1)63-53-39-21-34-48(54(53)59-58(63)66(41-24-7-2-8-25-41,42-26-9-3-10-27-42)43-28-11-4-12-29-43)55-60-56(64-49-35-17-13-30-44(49)45-31-14-18-36-50(45)64)62-57(61-55)65-51-37-19-15-32-46(51)47-33-16-20-38-52(47)65/h1-39H. The van der Waals surface area contributed by atoms with Crippen LogP contribution in [0.15, 0.2) is 237 Å². The maximum Gasteiger partial charge on any atom is 0.240 e. The van der Waals surface area contributed by atoms with Crippen molar-refractivity contribution in [2.75, 3.05) is 0 Å². The zero-order chi connectivity index (χ0) is 43.6. The summed E-state index contributed by atoms with van der Waals surface area (Å²) in [6.45, 7) is 0. The average molecular weight is 862 g/mol. The van der Waals surface area contributed by atoms with E-state index in [2.05, 4.69) is 250 Å². The highest BCUT2D eigenvalue weighted by atomic mass is 28.3. The van der Waals surface area contributed by atoms with Crippen molar-refractivity contribution in [2.45, 2.75) is 0 Å². The van der Waals surface area contributed by atoms with Gasteiger partial charge in [-0.15, -0.1) is 0 Å². The highest BCUT2D eigenvalue weighted by Crippen LogP contribution is 2.36. The van der Waals surface area contributed by atoms with Gasteiger partial charge in [-0.05, 0) is 64.1 Å². The zero-order valence-electron chi connectivity index (χ0n) is 35.6. The molecule has 0 atom stereocenters. The van der Waals surface area contributed by atoms with Gasteiger partial charge in [0, 0.05) is 32.8 Å². The Hall–Kier alpha value is -8.72. The number of imidazole rings is 1. The Morgan fingerprint density at radius 2 is 0.652 bits per heavy atom. The summed E-state index contributed by atoms with van der Waals surface area (Å²) in [5, 5.41) is 8.23. The predicted molar refractivity (Wildman–Crippen MR) is 272 cm³/mol. The fourth-order valence-electron chi connectivity index (χ4n) is 10.3. The van der Waals surface area contributed by atoms with E-state index in [9.17, 15) is 0 Å². The average Bonchev–Trinajstić information content (AvgIpc) is 4.06. The van der Waals surface area contributed by atoms with Crippen LogP contribution in [0.3, 0.4) is 0 Å². The molecule has 0 unspecified atom stereocenters. The third-order valence-corrected chi connectivity index (χ3v) is 17.7. The second kappa shape index (κ2) is 15.2. The van der Waals surface area contributed by atoms with Crippen molar-refractivity contribution < 1.29 is 0 Å². The maximum absolute atomic E-state index is 5.96. The molecule has 9 aromatic carbocycles. The Labute approximate surface area is 381 Å². The maximum atomic E-state index is 5.96. The molecule has 0 aliphatic carbocycles. The van der Waals surface area contributed by atoms with Crippen molar-refractivity contribution in [3.05, 3.63) is 237 Å². The first-order valence-corrected chi connectivity index (χ1v) is 24.2. The van der Waals surface area contributed by atoms with Crippen LogP contribution in [0.1, 0.15) is 0 Å². The molecule has 0 spiro atoms. The topological polar surface area (TPSA) is 66.3 Å². The molecule has 0 amide bonds. The van der Waals surface area contributed by atoms with E-state index >= 15 is 0 Å². The van der Waals surface area contributed by atoms with Gasteiger partial charge in [0.05, 0.1) is 33.1 Å². The highest BCUT2D eigenvalue weighted by molar-refractivity contribution is 7.19. The van der Waals surface area contributed by atoms with E-state index in [4.69, 9.17) is 19.9 Å². The zero-order valence-corrected chi connectivity index (χ0v) is 36.6. The number of para-hydroxylation sites is 6. The Balaban J connectivity index is 1.17. The van der Waals surface area contributed by atoms with Crippen molar-refractivity contribution in [1.82, 2.24) is 33.6 Å². The van der Waals surface area contributed by atoms with Gasteiger partial charge in [0.2, 0.25) is 20.0 Å². The molecule has 0 N–H and O–H groups in total. The summed E-state index contributed by atoms with van der Waals surface area (Å²) in [7, 11) is -3.17. The number of hydrogen-bond donors (Lipinski definition) is 0. The van der Waals surface area contributed by atoms with E-state index in [1.807, 2.05) is 0 Å². The quantitative estimate of drug-likeness (QED) is 0.113. The Kier molecular flexibility index (Phi) is 8.72. The Morgan fingerprint density at radius 3 is 1.08 bits per heavy atom.